The molecule has 7 heteroatoms. The van der Waals surface area contributed by atoms with E-state index >= 15 is 0 Å². The summed E-state index contributed by atoms with van der Waals surface area (Å²) in [6.07, 6.45) is 0.852. The van der Waals surface area contributed by atoms with E-state index < -0.39 is 26.4 Å². The minimum Gasteiger partial charge on any atom is -0.480 e. The Morgan fingerprint density at radius 1 is 1.41 bits per heavy atom. The van der Waals surface area contributed by atoms with Gasteiger partial charge in [-0.15, -0.1) is 0 Å². The van der Waals surface area contributed by atoms with Crippen molar-refractivity contribution in [2.75, 3.05) is 13.2 Å². The number of rotatable bonds is 5. The summed E-state index contributed by atoms with van der Waals surface area (Å²) in [5.41, 5.74) is 0. The summed E-state index contributed by atoms with van der Waals surface area (Å²) < 4.78 is 11.2. The number of likely N-dealkylation sites (tertiary alicyclic amines) is 1. The van der Waals surface area contributed by atoms with Gasteiger partial charge in [-0.1, -0.05) is 33.4 Å². The van der Waals surface area contributed by atoms with Crippen LogP contribution in [0.1, 0.15) is 27.2 Å². The maximum Gasteiger partial charge on any atom is 0.410 e. The first-order valence-corrected chi connectivity index (χ1v) is 10.4. The highest BCUT2D eigenvalue weighted by Crippen LogP contribution is 2.38. The smallest absolute Gasteiger partial charge is 0.410 e. The minimum absolute atomic E-state index is 0.0302. The highest BCUT2D eigenvalue weighted by atomic mass is 28.4. The molecule has 6 nitrogen and oxygen atoms in total. The quantitative estimate of drug-likeness (QED) is 0.620. The van der Waals surface area contributed by atoms with Gasteiger partial charge in [0.15, 0.2) is 8.32 Å². The van der Waals surface area contributed by atoms with Crippen molar-refractivity contribution < 1.29 is 23.9 Å². The zero-order valence-electron chi connectivity index (χ0n) is 14.1. The van der Waals surface area contributed by atoms with Gasteiger partial charge in [0.2, 0.25) is 0 Å². The van der Waals surface area contributed by atoms with Gasteiger partial charge in [0.25, 0.3) is 0 Å². The number of carboxylic acids is 1. The molecule has 1 saturated heterocycles. The summed E-state index contributed by atoms with van der Waals surface area (Å²) in [5.74, 6) is -1.03. The number of ether oxygens (including phenoxy) is 1. The van der Waals surface area contributed by atoms with Crippen LogP contribution in [0.25, 0.3) is 0 Å². The molecular weight excluding hydrogens is 302 g/mol. The van der Waals surface area contributed by atoms with Crippen molar-refractivity contribution in [1.82, 2.24) is 4.90 Å². The summed E-state index contributed by atoms with van der Waals surface area (Å²) in [7, 11) is -2.01. The van der Waals surface area contributed by atoms with Crippen LogP contribution < -0.4 is 0 Å². The summed E-state index contributed by atoms with van der Waals surface area (Å²) in [4.78, 5) is 24.6. The van der Waals surface area contributed by atoms with Crippen LogP contribution in [0.3, 0.4) is 0 Å². The largest absolute Gasteiger partial charge is 0.480 e. The Kier molecular flexibility index (Phi) is 5.80. The molecular formula is C15H27NO5Si. The Labute approximate surface area is 133 Å². The maximum absolute atomic E-state index is 12.0. The van der Waals surface area contributed by atoms with Crippen LogP contribution in [0.15, 0.2) is 12.7 Å². The molecule has 0 saturated carbocycles. The van der Waals surface area contributed by atoms with Crippen molar-refractivity contribution in [1.29, 1.82) is 0 Å². The molecule has 1 fully saturated rings. The highest BCUT2D eigenvalue weighted by Gasteiger charge is 2.46. The molecule has 1 rings (SSSR count). The Morgan fingerprint density at radius 2 is 2.00 bits per heavy atom. The number of nitrogens with zero attached hydrogens (tertiary/aromatic N) is 1. The van der Waals surface area contributed by atoms with Gasteiger partial charge in [-0.25, -0.2) is 9.59 Å². The van der Waals surface area contributed by atoms with Crippen LogP contribution in [0.2, 0.25) is 18.1 Å². The van der Waals surface area contributed by atoms with Gasteiger partial charge in [-0.05, 0) is 18.1 Å². The first-order chi connectivity index (χ1) is 9.99. The van der Waals surface area contributed by atoms with Gasteiger partial charge in [0.05, 0.1) is 6.10 Å². The fraction of sp³-hybridized carbons (Fsp3) is 0.733. The first-order valence-electron chi connectivity index (χ1n) is 7.44. The molecule has 0 aromatic rings. The molecule has 1 heterocycles. The summed E-state index contributed by atoms with van der Waals surface area (Å²) in [6, 6.07) is -0.896. The minimum atomic E-state index is -2.01. The molecule has 1 N–H and O–H groups in total. The van der Waals surface area contributed by atoms with Crippen LogP contribution >= 0.6 is 0 Å². The topological polar surface area (TPSA) is 76.1 Å². The van der Waals surface area contributed by atoms with Crippen LogP contribution in [-0.2, 0) is 14.0 Å². The van der Waals surface area contributed by atoms with Gasteiger partial charge in [-0.2, -0.15) is 0 Å². The van der Waals surface area contributed by atoms with E-state index in [1.54, 1.807) is 0 Å². The molecule has 0 bridgehead atoms. The molecule has 0 radical (unpaired) electrons. The maximum atomic E-state index is 12.0. The lowest BCUT2D eigenvalue weighted by molar-refractivity contribution is -0.141. The molecule has 0 aromatic heterocycles. The average Bonchev–Trinajstić information content (AvgIpc) is 2.78. The molecule has 0 aromatic carbocycles. The number of carbonyl (C=O) groups excluding carboxylic acids is 1. The first kappa shape index (κ1) is 18.7. The second-order valence-corrected chi connectivity index (χ2v) is 11.9. The third-order valence-corrected chi connectivity index (χ3v) is 8.91. The van der Waals surface area contributed by atoms with Gasteiger partial charge in [-0.3, -0.25) is 4.90 Å². The molecule has 22 heavy (non-hydrogen) atoms. The van der Waals surface area contributed by atoms with Crippen molar-refractivity contribution in [3.05, 3.63) is 12.7 Å². The number of amides is 1. The van der Waals surface area contributed by atoms with E-state index in [-0.39, 0.29) is 24.3 Å². The standard InChI is InChI=1S/C15H27NO5Si/c1-7-8-20-14(19)16-10-11(9-12(16)13(17)18)21-22(5,6)15(2,3)4/h7,11-12H,1,8-10H2,2-6H3,(H,17,18). The van der Waals surface area contributed by atoms with Crippen molar-refractivity contribution in [2.45, 2.75) is 57.5 Å². The van der Waals surface area contributed by atoms with Crippen molar-refractivity contribution >= 4 is 20.4 Å². The van der Waals surface area contributed by atoms with Crippen molar-refractivity contribution in [3.8, 4) is 0 Å². The number of hydrogen-bond acceptors (Lipinski definition) is 4. The van der Waals surface area contributed by atoms with E-state index in [1.165, 1.54) is 11.0 Å². The fourth-order valence-electron chi connectivity index (χ4n) is 2.13. The van der Waals surface area contributed by atoms with E-state index in [4.69, 9.17) is 9.16 Å². The van der Waals surface area contributed by atoms with Crippen LogP contribution in [0.5, 0.6) is 0 Å². The van der Waals surface area contributed by atoms with Gasteiger partial charge in [0.1, 0.15) is 12.6 Å². The van der Waals surface area contributed by atoms with Crippen LogP contribution in [0, 0.1) is 0 Å². The molecule has 2 atom stereocenters. The Balaban J connectivity index is 2.80. The van der Waals surface area contributed by atoms with Gasteiger partial charge >= 0.3 is 12.1 Å². The third kappa shape index (κ3) is 4.33. The number of carboxylic acid groups (broad SMARTS) is 1. The molecule has 0 spiro atoms. The fourth-order valence-corrected chi connectivity index (χ4v) is 3.48. The lowest BCUT2D eigenvalue weighted by Crippen LogP contribution is -2.45. The van der Waals surface area contributed by atoms with Gasteiger partial charge in [0, 0.05) is 13.0 Å². The Hall–Kier alpha value is -1.34. The van der Waals surface area contributed by atoms with Crippen LogP contribution in [0.4, 0.5) is 4.79 Å². The lowest BCUT2D eigenvalue weighted by Gasteiger charge is -2.38. The second-order valence-electron chi connectivity index (χ2n) is 7.11. The second kappa shape index (κ2) is 6.83. The average molecular weight is 329 g/mol. The SMILES string of the molecule is C=CCOC(=O)N1CC(O[Si](C)(C)C(C)(C)C)CC1C(=O)O. The third-order valence-electron chi connectivity index (χ3n) is 4.37. The highest BCUT2D eigenvalue weighted by molar-refractivity contribution is 6.74. The van der Waals surface area contributed by atoms with E-state index in [0.29, 0.717) is 6.42 Å². The predicted molar refractivity (Wildman–Crippen MR) is 86.4 cm³/mol. The summed E-state index contributed by atoms with van der Waals surface area (Å²) in [5, 5.41) is 9.35. The zero-order chi connectivity index (χ0) is 17.1. The molecule has 126 valence electrons. The number of carbonyl (C=O) groups is 2. The number of aliphatic carboxylic acids is 1. The molecule has 2 unspecified atom stereocenters. The van der Waals surface area contributed by atoms with E-state index in [1.807, 2.05) is 0 Å². The molecule has 0 aliphatic carbocycles. The van der Waals surface area contributed by atoms with E-state index in [2.05, 4.69) is 40.4 Å². The van der Waals surface area contributed by atoms with E-state index in [9.17, 15) is 14.7 Å². The van der Waals surface area contributed by atoms with Crippen molar-refractivity contribution in [2.24, 2.45) is 0 Å². The lowest BCUT2D eigenvalue weighted by atomic mass is 10.2. The molecule has 1 amide bonds. The van der Waals surface area contributed by atoms with Crippen molar-refractivity contribution in [3.63, 3.8) is 0 Å². The molecule has 1 aliphatic heterocycles. The van der Waals surface area contributed by atoms with E-state index in [0.717, 1.165) is 0 Å². The van der Waals surface area contributed by atoms with Crippen LogP contribution in [-0.4, -0.2) is 55.7 Å². The summed E-state index contributed by atoms with van der Waals surface area (Å²) >= 11 is 0. The monoisotopic (exact) mass is 329 g/mol. The Bertz CT molecular complexity index is 444. The normalized spacial score (nSPS) is 22.5. The van der Waals surface area contributed by atoms with Gasteiger partial charge < -0.3 is 14.3 Å². The zero-order valence-corrected chi connectivity index (χ0v) is 15.1. The Morgan fingerprint density at radius 3 is 2.45 bits per heavy atom. The summed E-state index contributed by atoms with van der Waals surface area (Å²) in [6.45, 7) is 14.4. The number of hydrogen-bond donors (Lipinski definition) is 1. The predicted octanol–water partition coefficient (Wildman–Crippen LogP) is 2.86. The molecule has 1 aliphatic rings.